The smallest absolute Gasteiger partial charge is 0.321 e. The number of aromatic nitrogens is 2. The minimum absolute atomic E-state index is 0.221. The Balaban J connectivity index is 1.27. The van der Waals surface area contributed by atoms with Crippen LogP contribution in [0, 0.1) is 17.1 Å². The van der Waals surface area contributed by atoms with Gasteiger partial charge in [-0.1, -0.05) is 12.1 Å². The van der Waals surface area contributed by atoms with Crippen LogP contribution in [0.4, 0.5) is 20.6 Å². The highest BCUT2D eigenvalue weighted by molar-refractivity contribution is 9.10. The van der Waals surface area contributed by atoms with Gasteiger partial charge in [-0.2, -0.15) is 5.10 Å². The van der Waals surface area contributed by atoms with Gasteiger partial charge in [0.1, 0.15) is 5.82 Å². The van der Waals surface area contributed by atoms with Crippen LogP contribution >= 0.6 is 15.9 Å². The number of aromatic amines is 1. The number of ketones is 1. The van der Waals surface area contributed by atoms with Gasteiger partial charge >= 0.3 is 6.03 Å². The number of likely N-dealkylation sites (tertiary alicyclic amines) is 1. The van der Waals surface area contributed by atoms with E-state index in [0.717, 1.165) is 11.1 Å². The number of benzene rings is 2. The van der Waals surface area contributed by atoms with Gasteiger partial charge in [0, 0.05) is 42.1 Å². The molecular formula is C23H22BrFN6O2. The standard InChI is InChI=1S/C23H22BrFN6O2/c24-19-11-18(5-6-20(19)25)29-22(26)21(32)15-7-9-31(10-8-15)23(33)30-17-3-1-14(2-4-17)16-12-27-28-13-16/h1-6,11-13,15H,7-10H2,(H2,26,29)(H,27,28)(H,30,33). The molecule has 0 atom stereocenters. The van der Waals surface area contributed by atoms with Crippen LogP contribution in [0.2, 0.25) is 0 Å². The maximum absolute atomic E-state index is 13.4. The maximum Gasteiger partial charge on any atom is 0.321 e. The summed E-state index contributed by atoms with van der Waals surface area (Å²) >= 11 is 3.09. The van der Waals surface area contributed by atoms with E-state index in [2.05, 4.69) is 36.8 Å². The Morgan fingerprint density at radius 1 is 1.06 bits per heavy atom. The summed E-state index contributed by atoms with van der Waals surface area (Å²) in [6.45, 7) is 0.843. The van der Waals surface area contributed by atoms with Gasteiger partial charge in [-0.05, 0) is 64.7 Å². The lowest BCUT2D eigenvalue weighted by Gasteiger charge is -2.31. The van der Waals surface area contributed by atoms with Gasteiger partial charge in [0.2, 0.25) is 5.78 Å². The van der Waals surface area contributed by atoms with Gasteiger partial charge in [-0.3, -0.25) is 15.3 Å². The highest BCUT2D eigenvalue weighted by Crippen LogP contribution is 2.24. The number of carbonyl (C=O) groups is 2. The van der Waals surface area contributed by atoms with Gasteiger partial charge in [0.25, 0.3) is 0 Å². The van der Waals surface area contributed by atoms with Crippen LogP contribution in [-0.2, 0) is 4.79 Å². The van der Waals surface area contributed by atoms with Crippen molar-refractivity contribution in [2.45, 2.75) is 12.8 Å². The van der Waals surface area contributed by atoms with Gasteiger partial charge in [-0.25, -0.2) is 9.18 Å². The van der Waals surface area contributed by atoms with Crippen molar-refractivity contribution < 1.29 is 14.0 Å². The largest absolute Gasteiger partial charge is 0.338 e. The van der Waals surface area contributed by atoms with Crippen molar-refractivity contribution >= 4 is 45.0 Å². The zero-order chi connectivity index (χ0) is 23.4. The van der Waals surface area contributed by atoms with Crippen molar-refractivity contribution in [2.75, 3.05) is 23.7 Å². The van der Waals surface area contributed by atoms with E-state index in [1.165, 1.54) is 18.2 Å². The molecule has 1 saturated heterocycles. The average molecular weight is 513 g/mol. The number of urea groups is 1. The third-order valence-corrected chi connectivity index (χ3v) is 6.16. The molecule has 0 unspecified atom stereocenters. The number of amides is 2. The van der Waals surface area contributed by atoms with Crippen molar-refractivity contribution in [3.63, 3.8) is 0 Å². The second kappa shape index (κ2) is 9.95. The van der Waals surface area contributed by atoms with Gasteiger partial charge < -0.3 is 15.5 Å². The Morgan fingerprint density at radius 3 is 2.39 bits per heavy atom. The van der Waals surface area contributed by atoms with E-state index in [9.17, 15) is 14.0 Å². The summed E-state index contributed by atoms with van der Waals surface area (Å²) in [6.07, 6.45) is 4.48. The first-order valence-corrected chi connectivity index (χ1v) is 11.2. The van der Waals surface area contributed by atoms with Crippen molar-refractivity contribution in [3.8, 4) is 11.1 Å². The average Bonchev–Trinajstić information content (AvgIpc) is 3.36. The number of nitrogens with zero attached hydrogens (tertiary/aromatic N) is 2. The number of rotatable bonds is 5. The summed E-state index contributed by atoms with van der Waals surface area (Å²) in [5.41, 5.74) is 3.09. The molecule has 2 heterocycles. The summed E-state index contributed by atoms with van der Waals surface area (Å²) in [4.78, 5) is 26.9. The van der Waals surface area contributed by atoms with E-state index in [0.29, 0.717) is 37.3 Å². The first-order valence-electron chi connectivity index (χ1n) is 10.4. The Hall–Kier alpha value is -3.53. The topological polar surface area (TPSA) is 114 Å². The molecule has 10 heteroatoms. The molecule has 170 valence electrons. The second-order valence-electron chi connectivity index (χ2n) is 7.75. The van der Waals surface area contributed by atoms with Crippen LogP contribution in [0.15, 0.2) is 59.3 Å². The van der Waals surface area contributed by atoms with Gasteiger partial charge in [-0.15, -0.1) is 0 Å². The molecular weight excluding hydrogens is 491 g/mol. The molecule has 3 aromatic rings. The predicted octanol–water partition coefficient (Wildman–Crippen LogP) is 4.88. The minimum Gasteiger partial charge on any atom is -0.338 e. The number of amidine groups is 1. The van der Waals surface area contributed by atoms with Crippen molar-refractivity contribution in [2.24, 2.45) is 5.92 Å². The number of anilines is 2. The second-order valence-corrected chi connectivity index (χ2v) is 8.60. The summed E-state index contributed by atoms with van der Waals surface area (Å²) in [5.74, 6) is -1.32. The number of halogens is 2. The van der Waals surface area contributed by atoms with Gasteiger partial charge in [0.05, 0.1) is 10.7 Å². The fourth-order valence-corrected chi connectivity index (χ4v) is 4.06. The Bertz CT molecular complexity index is 1160. The first-order chi connectivity index (χ1) is 15.9. The fourth-order valence-electron chi connectivity index (χ4n) is 3.69. The molecule has 4 N–H and O–H groups in total. The molecule has 4 rings (SSSR count). The van der Waals surface area contributed by atoms with E-state index in [1.807, 2.05) is 24.3 Å². The lowest BCUT2D eigenvalue weighted by Crippen LogP contribution is -2.44. The van der Waals surface area contributed by atoms with Crippen LogP contribution in [-0.4, -0.2) is 45.8 Å². The third-order valence-electron chi connectivity index (χ3n) is 5.56. The van der Waals surface area contributed by atoms with Crippen molar-refractivity contribution in [3.05, 3.63) is 65.1 Å². The lowest BCUT2D eigenvalue weighted by atomic mass is 9.92. The number of Topliss-reactive ketones (excluding diaryl/α,β-unsaturated/α-hetero) is 1. The highest BCUT2D eigenvalue weighted by atomic mass is 79.9. The highest BCUT2D eigenvalue weighted by Gasteiger charge is 2.29. The van der Waals surface area contributed by atoms with Crippen molar-refractivity contribution in [1.82, 2.24) is 15.1 Å². The number of carbonyl (C=O) groups excluding carboxylic acids is 2. The van der Waals surface area contributed by atoms with Crippen molar-refractivity contribution in [1.29, 1.82) is 5.41 Å². The molecule has 0 spiro atoms. The van der Waals surface area contributed by atoms with E-state index in [4.69, 9.17) is 5.41 Å². The molecule has 0 saturated carbocycles. The van der Waals surface area contributed by atoms with Crippen LogP contribution in [0.5, 0.6) is 0 Å². The number of nitrogens with one attached hydrogen (secondary N) is 4. The van der Waals surface area contributed by atoms with Crippen LogP contribution in [0.25, 0.3) is 11.1 Å². The first kappa shape index (κ1) is 22.7. The molecule has 33 heavy (non-hydrogen) atoms. The van der Waals surface area contributed by atoms with Crippen LogP contribution in [0.3, 0.4) is 0 Å². The monoisotopic (exact) mass is 512 g/mol. The number of H-pyrrole nitrogens is 1. The summed E-state index contributed by atoms with van der Waals surface area (Å²) < 4.78 is 13.6. The minimum atomic E-state index is -0.419. The predicted molar refractivity (Wildman–Crippen MR) is 128 cm³/mol. The zero-order valence-corrected chi connectivity index (χ0v) is 19.2. The van der Waals surface area contributed by atoms with Crippen LogP contribution in [0.1, 0.15) is 12.8 Å². The molecule has 2 amide bonds. The zero-order valence-electron chi connectivity index (χ0n) is 17.6. The lowest BCUT2D eigenvalue weighted by molar-refractivity contribution is -0.117. The molecule has 1 aromatic heterocycles. The van der Waals surface area contributed by atoms with E-state index < -0.39 is 5.82 Å². The summed E-state index contributed by atoms with van der Waals surface area (Å²) in [7, 11) is 0. The molecule has 0 aliphatic carbocycles. The molecule has 1 fully saturated rings. The Kier molecular flexibility index (Phi) is 6.83. The summed E-state index contributed by atoms with van der Waals surface area (Å²) in [5, 5.41) is 20.4. The molecule has 0 bridgehead atoms. The number of hydrogen-bond donors (Lipinski definition) is 4. The number of piperidine rings is 1. The summed E-state index contributed by atoms with van der Waals surface area (Å²) in [6, 6.07) is 11.5. The van der Waals surface area contributed by atoms with E-state index >= 15 is 0 Å². The van der Waals surface area contributed by atoms with Crippen LogP contribution < -0.4 is 10.6 Å². The molecule has 1 aliphatic heterocycles. The number of hydrogen-bond acceptors (Lipinski definition) is 4. The maximum atomic E-state index is 13.4. The SMILES string of the molecule is N=C(Nc1ccc(F)c(Br)c1)C(=O)C1CCN(C(=O)Nc2ccc(-c3cn[nH]c3)cc2)CC1. The Labute approximate surface area is 198 Å². The molecule has 1 aliphatic rings. The van der Waals surface area contributed by atoms with E-state index in [-0.39, 0.29) is 28.0 Å². The van der Waals surface area contributed by atoms with Gasteiger partial charge in [0.15, 0.2) is 5.84 Å². The molecule has 8 nitrogen and oxygen atoms in total. The normalized spacial score (nSPS) is 14.1. The quantitative estimate of drug-likeness (QED) is 0.288. The third kappa shape index (κ3) is 5.46. The Morgan fingerprint density at radius 2 is 1.76 bits per heavy atom. The molecule has 2 aromatic carbocycles. The molecule has 0 radical (unpaired) electrons. The van der Waals surface area contributed by atoms with E-state index in [1.54, 1.807) is 17.3 Å². The fraction of sp³-hybridized carbons (Fsp3) is 0.217.